The molecule has 1 aromatic rings. The van der Waals surface area contributed by atoms with Gasteiger partial charge < -0.3 is 10.1 Å². The molecule has 0 radical (unpaired) electrons. The lowest BCUT2D eigenvalue weighted by atomic mass is 9.80. The maximum atomic E-state index is 11.8. The summed E-state index contributed by atoms with van der Waals surface area (Å²) in [6, 6.07) is 8.46. The predicted molar refractivity (Wildman–Crippen MR) is 95.8 cm³/mol. The van der Waals surface area contributed by atoms with Gasteiger partial charge in [0.1, 0.15) is 0 Å². The zero-order chi connectivity index (χ0) is 17.4. The van der Waals surface area contributed by atoms with Gasteiger partial charge in [-0.2, -0.15) is 0 Å². The van der Waals surface area contributed by atoms with Crippen LogP contribution in [0.4, 0.5) is 0 Å². The molecule has 1 aromatic carbocycles. The first-order valence-electron chi connectivity index (χ1n) is 9.05. The average molecular weight is 330 g/mol. The highest BCUT2D eigenvalue weighted by atomic mass is 16.5. The number of aryl methyl sites for hydroxylation is 1. The van der Waals surface area contributed by atoms with E-state index in [0.717, 1.165) is 32.5 Å². The van der Waals surface area contributed by atoms with Crippen molar-refractivity contribution in [3.63, 3.8) is 0 Å². The second kappa shape index (κ2) is 6.49. The van der Waals surface area contributed by atoms with Crippen molar-refractivity contribution < 1.29 is 9.53 Å². The van der Waals surface area contributed by atoms with Crippen LogP contribution in [0.1, 0.15) is 44.7 Å². The maximum absolute atomic E-state index is 11.8. The number of rotatable bonds is 7. The minimum absolute atomic E-state index is 0.0460. The summed E-state index contributed by atoms with van der Waals surface area (Å²) in [5.74, 6) is 0.688. The second-order valence-corrected chi connectivity index (χ2v) is 8.10. The number of carbonyl (C=O) groups excluding carboxylic acids is 1. The van der Waals surface area contributed by atoms with Gasteiger partial charge in [0.2, 0.25) is 5.91 Å². The number of carbonyl (C=O) groups is 1. The van der Waals surface area contributed by atoms with Crippen LogP contribution in [0.25, 0.3) is 0 Å². The van der Waals surface area contributed by atoms with Gasteiger partial charge in [0.15, 0.2) is 0 Å². The Morgan fingerprint density at radius 3 is 2.58 bits per heavy atom. The molecule has 0 bridgehead atoms. The van der Waals surface area contributed by atoms with Gasteiger partial charge in [-0.05, 0) is 31.2 Å². The van der Waals surface area contributed by atoms with Gasteiger partial charge in [-0.25, -0.2) is 0 Å². The molecule has 24 heavy (non-hydrogen) atoms. The smallest absolute Gasteiger partial charge is 0.217 e. The number of likely N-dealkylation sites (tertiary alicyclic amines) is 1. The monoisotopic (exact) mass is 330 g/mol. The van der Waals surface area contributed by atoms with Gasteiger partial charge in [-0.15, -0.1) is 0 Å². The van der Waals surface area contributed by atoms with Gasteiger partial charge >= 0.3 is 0 Å². The zero-order valence-corrected chi connectivity index (χ0v) is 15.4. The fourth-order valence-corrected chi connectivity index (χ4v) is 4.08. The van der Waals surface area contributed by atoms with Crippen LogP contribution in [0, 0.1) is 12.8 Å². The Kier molecular flexibility index (Phi) is 4.71. The Hall–Kier alpha value is -1.39. The lowest BCUT2D eigenvalue weighted by Crippen LogP contribution is -2.77. The van der Waals surface area contributed by atoms with E-state index in [1.54, 1.807) is 6.92 Å². The lowest BCUT2D eigenvalue weighted by Gasteiger charge is -2.55. The third kappa shape index (κ3) is 3.50. The molecular weight excluding hydrogens is 300 g/mol. The molecule has 1 aliphatic heterocycles. The SMILES string of the molecule is CC(=O)NC1(C2(OCc3cccc(C)c3)CC2)CN(CC(C)C)C1. The van der Waals surface area contributed by atoms with Crippen molar-refractivity contribution >= 4 is 5.91 Å². The van der Waals surface area contributed by atoms with Crippen molar-refractivity contribution in [2.45, 2.75) is 58.3 Å². The van der Waals surface area contributed by atoms with E-state index in [0.29, 0.717) is 12.5 Å². The van der Waals surface area contributed by atoms with E-state index >= 15 is 0 Å². The van der Waals surface area contributed by atoms with Gasteiger partial charge in [0.05, 0.1) is 17.7 Å². The van der Waals surface area contributed by atoms with Crippen LogP contribution in [-0.4, -0.2) is 41.6 Å². The first-order valence-corrected chi connectivity index (χ1v) is 9.05. The molecule has 1 amide bonds. The summed E-state index contributed by atoms with van der Waals surface area (Å²) >= 11 is 0. The van der Waals surface area contributed by atoms with Crippen molar-refractivity contribution in [2.75, 3.05) is 19.6 Å². The summed E-state index contributed by atoms with van der Waals surface area (Å²) in [6.07, 6.45) is 2.07. The lowest BCUT2D eigenvalue weighted by molar-refractivity contribution is -0.139. The van der Waals surface area contributed by atoms with Crippen molar-refractivity contribution in [3.05, 3.63) is 35.4 Å². The predicted octanol–water partition coefficient (Wildman–Crippen LogP) is 2.89. The Morgan fingerprint density at radius 1 is 1.33 bits per heavy atom. The molecule has 1 aliphatic carbocycles. The van der Waals surface area contributed by atoms with Crippen LogP contribution in [0.15, 0.2) is 24.3 Å². The van der Waals surface area contributed by atoms with E-state index in [2.05, 4.69) is 55.3 Å². The van der Waals surface area contributed by atoms with E-state index in [9.17, 15) is 4.79 Å². The van der Waals surface area contributed by atoms with Crippen molar-refractivity contribution in [3.8, 4) is 0 Å². The molecule has 1 N–H and O–H groups in total. The van der Waals surface area contributed by atoms with E-state index in [1.807, 2.05) is 0 Å². The van der Waals surface area contributed by atoms with Crippen LogP contribution in [0.5, 0.6) is 0 Å². The van der Waals surface area contributed by atoms with Gasteiger partial charge in [-0.1, -0.05) is 43.7 Å². The first-order chi connectivity index (χ1) is 11.3. The maximum Gasteiger partial charge on any atom is 0.217 e. The zero-order valence-electron chi connectivity index (χ0n) is 15.4. The summed E-state index contributed by atoms with van der Waals surface area (Å²) in [6.45, 7) is 11.7. The number of nitrogens with zero attached hydrogens (tertiary/aromatic N) is 1. The van der Waals surface area contributed by atoms with Gasteiger partial charge in [-0.3, -0.25) is 9.69 Å². The fraction of sp³-hybridized carbons (Fsp3) is 0.650. The van der Waals surface area contributed by atoms with Gasteiger partial charge in [0, 0.05) is 26.6 Å². The minimum atomic E-state index is -0.211. The summed E-state index contributed by atoms with van der Waals surface area (Å²) in [5.41, 5.74) is 2.06. The number of hydrogen-bond donors (Lipinski definition) is 1. The summed E-state index contributed by atoms with van der Waals surface area (Å²) in [7, 11) is 0. The molecule has 0 spiro atoms. The molecule has 2 fully saturated rings. The Morgan fingerprint density at radius 2 is 2.04 bits per heavy atom. The fourth-order valence-electron chi connectivity index (χ4n) is 4.08. The molecule has 132 valence electrons. The molecule has 1 saturated carbocycles. The normalized spacial score (nSPS) is 21.4. The van der Waals surface area contributed by atoms with E-state index < -0.39 is 0 Å². The summed E-state index contributed by atoms with van der Waals surface area (Å²) in [4.78, 5) is 14.2. The summed E-state index contributed by atoms with van der Waals surface area (Å²) < 4.78 is 6.40. The van der Waals surface area contributed by atoms with Crippen molar-refractivity contribution in [1.29, 1.82) is 0 Å². The molecular formula is C20H30N2O2. The quantitative estimate of drug-likeness (QED) is 0.836. The molecule has 0 aromatic heterocycles. The van der Waals surface area contributed by atoms with Crippen LogP contribution in [0.2, 0.25) is 0 Å². The number of benzene rings is 1. The van der Waals surface area contributed by atoms with Crippen LogP contribution in [-0.2, 0) is 16.1 Å². The standard InChI is InChI=1S/C20H30N2O2/c1-15(2)11-22-13-19(14-22,21-17(4)23)20(8-9-20)24-12-18-7-5-6-16(3)10-18/h5-7,10,15H,8-9,11-14H2,1-4H3,(H,21,23). The largest absolute Gasteiger partial charge is 0.368 e. The number of amides is 1. The molecule has 4 heteroatoms. The third-order valence-electron chi connectivity index (χ3n) is 5.20. The highest BCUT2D eigenvalue weighted by Crippen LogP contribution is 2.52. The van der Waals surface area contributed by atoms with Crippen LogP contribution >= 0.6 is 0 Å². The molecule has 4 nitrogen and oxygen atoms in total. The number of ether oxygens (including phenoxy) is 1. The molecule has 0 unspecified atom stereocenters. The second-order valence-electron chi connectivity index (χ2n) is 8.10. The van der Waals surface area contributed by atoms with E-state index in [1.165, 1.54) is 11.1 Å². The minimum Gasteiger partial charge on any atom is -0.368 e. The Balaban J connectivity index is 1.67. The Labute approximate surface area is 145 Å². The first kappa shape index (κ1) is 17.4. The molecule has 0 atom stereocenters. The van der Waals surface area contributed by atoms with Crippen molar-refractivity contribution in [1.82, 2.24) is 10.2 Å². The average Bonchev–Trinajstić information content (AvgIpc) is 3.23. The third-order valence-corrected chi connectivity index (χ3v) is 5.20. The van der Waals surface area contributed by atoms with Crippen LogP contribution < -0.4 is 5.32 Å². The number of hydrogen-bond acceptors (Lipinski definition) is 3. The highest BCUT2D eigenvalue weighted by Gasteiger charge is 2.65. The molecule has 1 heterocycles. The van der Waals surface area contributed by atoms with E-state index in [4.69, 9.17) is 4.74 Å². The highest BCUT2D eigenvalue weighted by molar-refractivity contribution is 5.74. The molecule has 1 saturated heterocycles. The van der Waals surface area contributed by atoms with E-state index in [-0.39, 0.29) is 17.0 Å². The Bertz CT molecular complexity index is 601. The molecule has 2 aliphatic rings. The molecule has 3 rings (SSSR count). The van der Waals surface area contributed by atoms with Crippen molar-refractivity contribution in [2.24, 2.45) is 5.92 Å². The van der Waals surface area contributed by atoms with Gasteiger partial charge in [0.25, 0.3) is 0 Å². The topological polar surface area (TPSA) is 41.6 Å². The van der Waals surface area contributed by atoms with Crippen LogP contribution in [0.3, 0.4) is 0 Å². The summed E-state index contributed by atoms with van der Waals surface area (Å²) in [5, 5.41) is 3.24. The number of nitrogens with one attached hydrogen (secondary N) is 1.